The largest absolute Gasteiger partial charge is 0.324 e. The fourth-order valence-electron chi connectivity index (χ4n) is 3.18. The number of carbonyl (C=O) groups is 3. The number of halogens is 1. The molecule has 2 aliphatic rings. The van der Waals surface area contributed by atoms with Crippen LogP contribution in [0, 0.1) is 6.92 Å². The summed E-state index contributed by atoms with van der Waals surface area (Å²) in [5.74, 6) is -1.21. The number of benzene rings is 2. The van der Waals surface area contributed by atoms with Gasteiger partial charge in [-0.25, -0.2) is 4.90 Å². The summed E-state index contributed by atoms with van der Waals surface area (Å²) in [5, 5.41) is 11.8. The molecule has 1 fully saturated rings. The summed E-state index contributed by atoms with van der Waals surface area (Å²) in [7, 11) is 0. The lowest BCUT2D eigenvalue weighted by Gasteiger charge is -2.20. The zero-order valence-electron chi connectivity index (χ0n) is 14.9. The van der Waals surface area contributed by atoms with Crippen LogP contribution in [-0.2, 0) is 14.4 Å². The van der Waals surface area contributed by atoms with Crippen molar-refractivity contribution in [1.29, 1.82) is 0 Å². The van der Waals surface area contributed by atoms with Crippen LogP contribution in [0.3, 0.4) is 0 Å². The van der Waals surface area contributed by atoms with E-state index in [9.17, 15) is 14.4 Å². The molecule has 1 N–H and O–H groups in total. The number of hydrogen-bond acceptors (Lipinski definition) is 6. The number of anilines is 2. The summed E-state index contributed by atoms with van der Waals surface area (Å²) in [5.41, 5.74) is 2.13. The maximum absolute atomic E-state index is 12.9. The van der Waals surface area contributed by atoms with E-state index in [2.05, 4.69) is 31.6 Å². The Kier molecular flexibility index (Phi) is 4.68. The predicted octanol–water partition coefficient (Wildman–Crippen LogP) is 2.69. The van der Waals surface area contributed by atoms with Gasteiger partial charge in [0.25, 0.3) is 11.8 Å². The summed E-state index contributed by atoms with van der Waals surface area (Å²) >= 11 is 3.33. The Labute approximate surface area is 169 Å². The van der Waals surface area contributed by atoms with Gasteiger partial charge in [0.15, 0.2) is 12.1 Å². The first kappa shape index (κ1) is 18.3. The van der Waals surface area contributed by atoms with E-state index in [-0.39, 0.29) is 12.5 Å². The second kappa shape index (κ2) is 7.16. The van der Waals surface area contributed by atoms with Gasteiger partial charge in [-0.05, 0) is 43.3 Å². The molecule has 9 heteroatoms. The fraction of sp³-hybridized carbons (Fsp3) is 0.211. The van der Waals surface area contributed by atoms with E-state index in [4.69, 9.17) is 0 Å². The van der Waals surface area contributed by atoms with Gasteiger partial charge in [0.1, 0.15) is 6.54 Å². The molecular formula is C19H16BrN5O3. The van der Waals surface area contributed by atoms with E-state index in [1.165, 1.54) is 5.01 Å². The summed E-state index contributed by atoms with van der Waals surface area (Å²) in [6.07, 6.45) is 0. The molecule has 0 aromatic heterocycles. The van der Waals surface area contributed by atoms with Crippen LogP contribution in [0.5, 0.6) is 0 Å². The van der Waals surface area contributed by atoms with E-state index in [1.54, 1.807) is 36.4 Å². The van der Waals surface area contributed by atoms with Gasteiger partial charge in [0.05, 0.1) is 5.69 Å². The number of nitrogens with one attached hydrogen (secondary N) is 1. The second-order valence-corrected chi connectivity index (χ2v) is 7.51. The third kappa shape index (κ3) is 3.29. The monoisotopic (exact) mass is 441 g/mol. The number of hydrogen-bond donors (Lipinski definition) is 1. The molecule has 0 bridgehead atoms. The van der Waals surface area contributed by atoms with Crippen molar-refractivity contribution in [2.75, 3.05) is 16.8 Å². The molecule has 28 heavy (non-hydrogen) atoms. The second-order valence-electron chi connectivity index (χ2n) is 6.59. The molecule has 2 aromatic carbocycles. The lowest BCUT2D eigenvalue weighted by Crippen LogP contribution is -2.43. The molecular weight excluding hydrogens is 426 g/mol. The third-order valence-corrected chi connectivity index (χ3v) is 5.11. The zero-order valence-corrected chi connectivity index (χ0v) is 16.5. The van der Waals surface area contributed by atoms with Crippen LogP contribution < -0.4 is 10.2 Å². The standard InChI is InChI=1S/C19H16BrN5O3/c1-11-2-8-14(9-3-11)25-18(27)16-17(19(25)28)24(23-22-16)10-15(26)21-13-6-4-12(20)5-7-13/h2-9,16-17H,10H2,1H3,(H,21,26). The molecule has 0 saturated carbocycles. The molecule has 2 aromatic rings. The molecule has 142 valence electrons. The van der Waals surface area contributed by atoms with Crippen LogP contribution in [-0.4, -0.2) is 41.4 Å². The smallest absolute Gasteiger partial charge is 0.263 e. The van der Waals surface area contributed by atoms with Gasteiger partial charge in [-0.2, -0.15) is 5.11 Å². The topological polar surface area (TPSA) is 94.4 Å². The fourth-order valence-corrected chi connectivity index (χ4v) is 3.45. The first-order chi connectivity index (χ1) is 13.4. The lowest BCUT2D eigenvalue weighted by molar-refractivity contribution is -0.123. The molecule has 3 amide bonds. The molecule has 8 nitrogen and oxygen atoms in total. The van der Waals surface area contributed by atoms with Crippen molar-refractivity contribution in [2.24, 2.45) is 10.3 Å². The van der Waals surface area contributed by atoms with E-state index < -0.39 is 23.9 Å². The van der Waals surface area contributed by atoms with E-state index in [0.717, 1.165) is 14.9 Å². The van der Waals surface area contributed by atoms with Gasteiger partial charge in [-0.3, -0.25) is 19.4 Å². The summed E-state index contributed by atoms with van der Waals surface area (Å²) < 4.78 is 0.896. The van der Waals surface area contributed by atoms with Crippen molar-refractivity contribution in [2.45, 2.75) is 19.0 Å². The highest BCUT2D eigenvalue weighted by molar-refractivity contribution is 9.10. The van der Waals surface area contributed by atoms with Crippen molar-refractivity contribution < 1.29 is 14.4 Å². The maximum atomic E-state index is 12.9. The highest BCUT2D eigenvalue weighted by atomic mass is 79.9. The number of imide groups is 1. The van der Waals surface area contributed by atoms with Crippen molar-refractivity contribution in [3.8, 4) is 0 Å². The van der Waals surface area contributed by atoms with Crippen molar-refractivity contribution in [1.82, 2.24) is 5.01 Å². The molecule has 2 aliphatic heterocycles. The molecule has 0 radical (unpaired) electrons. The molecule has 0 spiro atoms. The highest BCUT2D eigenvalue weighted by Gasteiger charge is 2.55. The van der Waals surface area contributed by atoms with Crippen molar-refractivity contribution in [3.63, 3.8) is 0 Å². The molecule has 2 heterocycles. The van der Waals surface area contributed by atoms with Crippen LogP contribution >= 0.6 is 15.9 Å². The normalized spacial score (nSPS) is 20.6. The minimum absolute atomic E-state index is 0.179. The summed E-state index contributed by atoms with van der Waals surface area (Å²) in [4.78, 5) is 39.0. The van der Waals surface area contributed by atoms with E-state index in [1.807, 2.05) is 19.1 Å². The maximum Gasteiger partial charge on any atom is 0.263 e. The Morgan fingerprint density at radius 1 is 1.07 bits per heavy atom. The minimum atomic E-state index is -0.922. The predicted molar refractivity (Wildman–Crippen MR) is 106 cm³/mol. The number of carbonyl (C=O) groups excluding carboxylic acids is 3. The highest BCUT2D eigenvalue weighted by Crippen LogP contribution is 2.31. The van der Waals surface area contributed by atoms with Crippen LogP contribution in [0.1, 0.15) is 5.56 Å². The third-order valence-electron chi connectivity index (χ3n) is 4.58. The number of fused-ring (bicyclic) bond motifs is 1. The summed E-state index contributed by atoms with van der Waals surface area (Å²) in [6.45, 7) is 1.74. The van der Waals surface area contributed by atoms with Gasteiger partial charge in [0.2, 0.25) is 5.91 Å². The number of rotatable bonds is 4. The van der Waals surface area contributed by atoms with E-state index in [0.29, 0.717) is 11.4 Å². The molecule has 0 aliphatic carbocycles. The Bertz CT molecular complexity index is 974. The number of nitrogens with zero attached hydrogens (tertiary/aromatic N) is 4. The molecule has 4 rings (SSSR count). The SMILES string of the molecule is Cc1ccc(N2C(=O)C3N=NN(CC(=O)Nc4ccc(Br)cc4)C3C2=O)cc1. The molecule has 1 saturated heterocycles. The van der Waals surface area contributed by atoms with Gasteiger partial charge in [-0.15, -0.1) is 0 Å². The van der Waals surface area contributed by atoms with Crippen molar-refractivity contribution in [3.05, 3.63) is 58.6 Å². The van der Waals surface area contributed by atoms with E-state index >= 15 is 0 Å². The lowest BCUT2D eigenvalue weighted by atomic mass is 10.1. The van der Waals surface area contributed by atoms with Crippen LogP contribution in [0.15, 0.2) is 63.3 Å². The average Bonchev–Trinajstić information content (AvgIpc) is 3.18. The minimum Gasteiger partial charge on any atom is -0.324 e. The molecule has 2 unspecified atom stereocenters. The Balaban J connectivity index is 1.48. The average molecular weight is 442 g/mol. The van der Waals surface area contributed by atoms with Crippen molar-refractivity contribution >= 4 is 45.0 Å². The Hall–Kier alpha value is -3.07. The van der Waals surface area contributed by atoms with Crippen LogP contribution in [0.4, 0.5) is 11.4 Å². The van der Waals surface area contributed by atoms with Crippen LogP contribution in [0.2, 0.25) is 0 Å². The number of amides is 3. The van der Waals surface area contributed by atoms with Gasteiger partial charge in [-0.1, -0.05) is 38.8 Å². The van der Waals surface area contributed by atoms with Gasteiger partial charge in [0, 0.05) is 10.2 Å². The first-order valence-electron chi connectivity index (χ1n) is 8.61. The van der Waals surface area contributed by atoms with Gasteiger partial charge >= 0.3 is 0 Å². The van der Waals surface area contributed by atoms with Crippen LogP contribution in [0.25, 0.3) is 0 Å². The number of aryl methyl sites for hydroxylation is 1. The Morgan fingerprint density at radius 2 is 1.75 bits per heavy atom. The summed E-state index contributed by atoms with van der Waals surface area (Å²) in [6, 6.07) is 12.4. The first-order valence-corrected chi connectivity index (χ1v) is 9.40. The Morgan fingerprint density at radius 3 is 2.43 bits per heavy atom. The van der Waals surface area contributed by atoms with Gasteiger partial charge < -0.3 is 5.32 Å². The zero-order chi connectivity index (χ0) is 19.8. The quantitative estimate of drug-likeness (QED) is 0.737. The molecule has 2 atom stereocenters.